The third-order valence-corrected chi connectivity index (χ3v) is 5.79. The minimum atomic E-state index is -0.638. The zero-order chi connectivity index (χ0) is 15.4. The van der Waals surface area contributed by atoms with Crippen LogP contribution in [0, 0.1) is 5.92 Å². The van der Waals surface area contributed by atoms with Gasteiger partial charge in [-0.25, -0.2) is 0 Å². The lowest BCUT2D eigenvalue weighted by molar-refractivity contribution is -0.125. The first-order valence-corrected chi connectivity index (χ1v) is 9.23. The molecule has 0 fully saturated rings. The number of rotatable bonds is 5. The van der Waals surface area contributed by atoms with Gasteiger partial charge in [0.15, 0.2) is 0 Å². The predicted octanol–water partition coefficient (Wildman–Crippen LogP) is 3.98. The van der Waals surface area contributed by atoms with Crippen molar-refractivity contribution in [2.24, 2.45) is 5.92 Å². The molecule has 0 radical (unpaired) electrons. The second-order valence-electron chi connectivity index (χ2n) is 5.46. The first kappa shape index (κ1) is 15.5. The van der Waals surface area contributed by atoms with E-state index in [4.69, 9.17) is 0 Å². The molecule has 3 rings (SSSR count). The molecule has 2 aromatic heterocycles. The summed E-state index contributed by atoms with van der Waals surface area (Å²) in [7, 11) is 0. The van der Waals surface area contributed by atoms with Crippen LogP contribution >= 0.6 is 22.7 Å². The SMILES string of the molecule is O=C(NCC(O)c1ccc(-c2ccsc2)s1)C1CC=CCC1. The van der Waals surface area contributed by atoms with Gasteiger partial charge in [-0.05, 0) is 48.2 Å². The molecule has 2 atom stereocenters. The zero-order valence-electron chi connectivity index (χ0n) is 12.2. The van der Waals surface area contributed by atoms with Gasteiger partial charge in [0.05, 0.1) is 0 Å². The first-order chi connectivity index (χ1) is 10.7. The number of hydrogen-bond acceptors (Lipinski definition) is 4. The smallest absolute Gasteiger partial charge is 0.223 e. The highest BCUT2D eigenvalue weighted by molar-refractivity contribution is 7.16. The van der Waals surface area contributed by atoms with Crippen LogP contribution in [0.25, 0.3) is 10.4 Å². The Morgan fingerprint density at radius 2 is 2.27 bits per heavy atom. The summed E-state index contributed by atoms with van der Waals surface area (Å²) in [6.07, 6.45) is 6.23. The molecule has 5 heteroatoms. The average molecular weight is 333 g/mol. The lowest BCUT2D eigenvalue weighted by atomic mass is 9.93. The second-order valence-corrected chi connectivity index (χ2v) is 7.35. The second kappa shape index (κ2) is 7.22. The number of aliphatic hydroxyl groups excluding tert-OH is 1. The molecule has 0 saturated heterocycles. The van der Waals surface area contributed by atoms with Crippen LogP contribution in [0.2, 0.25) is 0 Å². The van der Waals surface area contributed by atoms with Crippen LogP contribution in [0.5, 0.6) is 0 Å². The number of allylic oxidation sites excluding steroid dienone is 2. The molecule has 22 heavy (non-hydrogen) atoms. The summed E-state index contributed by atoms with van der Waals surface area (Å²) < 4.78 is 0. The molecule has 1 aliphatic rings. The van der Waals surface area contributed by atoms with Gasteiger partial charge in [0.1, 0.15) is 6.10 Å². The van der Waals surface area contributed by atoms with E-state index >= 15 is 0 Å². The molecule has 0 aromatic carbocycles. The van der Waals surface area contributed by atoms with Crippen LogP contribution in [0.15, 0.2) is 41.1 Å². The molecule has 2 N–H and O–H groups in total. The minimum absolute atomic E-state index is 0.0537. The lowest BCUT2D eigenvalue weighted by Gasteiger charge is -2.18. The molecule has 0 aliphatic heterocycles. The maximum Gasteiger partial charge on any atom is 0.223 e. The Labute approximate surface area is 138 Å². The van der Waals surface area contributed by atoms with Gasteiger partial charge in [-0.1, -0.05) is 12.2 Å². The number of thiophene rings is 2. The normalized spacial score (nSPS) is 19.0. The number of carbonyl (C=O) groups is 1. The third-order valence-electron chi connectivity index (χ3n) is 3.87. The fourth-order valence-corrected chi connectivity index (χ4v) is 4.29. The van der Waals surface area contributed by atoms with E-state index in [0.717, 1.165) is 29.0 Å². The van der Waals surface area contributed by atoms with Crippen LogP contribution in [0.3, 0.4) is 0 Å². The topological polar surface area (TPSA) is 49.3 Å². The van der Waals surface area contributed by atoms with E-state index in [2.05, 4.69) is 28.9 Å². The van der Waals surface area contributed by atoms with Crippen LogP contribution in [0.4, 0.5) is 0 Å². The Morgan fingerprint density at radius 3 is 3.00 bits per heavy atom. The van der Waals surface area contributed by atoms with E-state index in [-0.39, 0.29) is 18.4 Å². The van der Waals surface area contributed by atoms with Crippen molar-refractivity contribution in [3.05, 3.63) is 46.0 Å². The van der Waals surface area contributed by atoms with Gasteiger partial charge in [0, 0.05) is 27.8 Å². The molecule has 2 aromatic rings. The Morgan fingerprint density at radius 1 is 1.36 bits per heavy atom. The number of aliphatic hydroxyl groups is 1. The highest BCUT2D eigenvalue weighted by Gasteiger charge is 2.20. The van der Waals surface area contributed by atoms with E-state index in [1.807, 2.05) is 17.5 Å². The Hall–Kier alpha value is -1.43. The number of amides is 1. The third kappa shape index (κ3) is 3.66. The highest BCUT2D eigenvalue weighted by atomic mass is 32.1. The van der Waals surface area contributed by atoms with Gasteiger partial charge in [-0.15, -0.1) is 11.3 Å². The Kier molecular flexibility index (Phi) is 5.08. The summed E-state index contributed by atoms with van der Waals surface area (Å²) >= 11 is 3.24. The minimum Gasteiger partial charge on any atom is -0.386 e. The van der Waals surface area contributed by atoms with Crippen molar-refractivity contribution in [2.45, 2.75) is 25.4 Å². The molecule has 1 amide bonds. The monoisotopic (exact) mass is 333 g/mol. The number of nitrogens with one attached hydrogen (secondary N) is 1. The van der Waals surface area contributed by atoms with Crippen molar-refractivity contribution >= 4 is 28.6 Å². The first-order valence-electron chi connectivity index (χ1n) is 7.47. The molecular formula is C17H19NO2S2. The summed E-state index contributed by atoms with van der Waals surface area (Å²) in [5.74, 6) is 0.111. The fourth-order valence-electron chi connectivity index (χ4n) is 2.57. The summed E-state index contributed by atoms with van der Waals surface area (Å²) in [6, 6.07) is 6.04. The quantitative estimate of drug-likeness (QED) is 0.813. The van der Waals surface area contributed by atoms with Gasteiger partial charge in [-0.2, -0.15) is 11.3 Å². The van der Waals surface area contributed by atoms with Gasteiger partial charge >= 0.3 is 0 Å². The molecule has 3 nitrogen and oxygen atoms in total. The molecule has 2 heterocycles. The molecule has 0 bridgehead atoms. The van der Waals surface area contributed by atoms with Crippen LogP contribution in [-0.2, 0) is 4.79 Å². The van der Waals surface area contributed by atoms with Crippen molar-refractivity contribution in [1.82, 2.24) is 5.32 Å². The van der Waals surface area contributed by atoms with E-state index in [1.54, 1.807) is 22.7 Å². The Bertz CT molecular complexity index is 645. The molecule has 116 valence electrons. The van der Waals surface area contributed by atoms with E-state index < -0.39 is 6.10 Å². The standard InChI is InChI=1S/C17H19NO2S2/c19-14(10-18-17(20)12-4-2-1-3-5-12)16-7-6-15(22-16)13-8-9-21-11-13/h1-2,6-9,11-12,14,19H,3-5,10H2,(H,18,20). The maximum atomic E-state index is 12.1. The molecule has 0 spiro atoms. The summed E-state index contributed by atoms with van der Waals surface area (Å²) in [6.45, 7) is 0.280. The fraction of sp³-hybridized carbons (Fsp3) is 0.353. The molecule has 2 unspecified atom stereocenters. The lowest BCUT2D eigenvalue weighted by Crippen LogP contribution is -2.34. The Balaban J connectivity index is 1.54. The molecule has 0 saturated carbocycles. The van der Waals surface area contributed by atoms with E-state index in [1.165, 1.54) is 5.56 Å². The molecule has 1 aliphatic carbocycles. The van der Waals surface area contributed by atoms with E-state index in [9.17, 15) is 9.90 Å². The van der Waals surface area contributed by atoms with Gasteiger partial charge < -0.3 is 10.4 Å². The summed E-state index contributed by atoms with van der Waals surface area (Å²) in [5, 5.41) is 17.3. The van der Waals surface area contributed by atoms with Gasteiger partial charge in [0.25, 0.3) is 0 Å². The van der Waals surface area contributed by atoms with Crippen LogP contribution < -0.4 is 5.32 Å². The summed E-state index contributed by atoms with van der Waals surface area (Å²) in [4.78, 5) is 14.1. The molecular weight excluding hydrogens is 314 g/mol. The highest BCUT2D eigenvalue weighted by Crippen LogP contribution is 2.32. The largest absolute Gasteiger partial charge is 0.386 e. The predicted molar refractivity (Wildman–Crippen MR) is 92.1 cm³/mol. The van der Waals surface area contributed by atoms with Crippen molar-refractivity contribution in [3.63, 3.8) is 0 Å². The van der Waals surface area contributed by atoms with E-state index in [0.29, 0.717) is 0 Å². The van der Waals surface area contributed by atoms with Crippen molar-refractivity contribution in [3.8, 4) is 10.4 Å². The zero-order valence-corrected chi connectivity index (χ0v) is 13.8. The maximum absolute atomic E-state index is 12.1. The van der Waals surface area contributed by atoms with Gasteiger partial charge in [0.2, 0.25) is 5.91 Å². The number of carbonyl (C=O) groups excluding carboxylic acids is 1. The van der Waals surface area contributed by atoms with Crippen LogP contribution in [0.1, 0.15) is 30.2 Å². The van der Waals surface area contributed by atoms with Crippen molar-refractivity contribution in [1.29, 1.82) is 0 Å². The van der Waals surface area contributed by atoms with Gasteiger partial charge in [-0.3, -0.25) is 4.79 Å². The van der Waals surface area contributed by atoms with Crippen LogP contribution in [-0.4, -0.2) is 17.6 Å². The van der Waals surface area contributed by atoms with Crippen molar-refractivity contribution < 1.29 is 9.90 Å². The summed E-state index contributed by atoms with van der Waals surface area (Å²) in [5.41, 5.74) is 1.19. The number of hydrogen-bond donors (Lipinski definition) is 2. The van der Waals surface area contributed by atoms with Crippen molar-refractivity contribution in [2.75, 3.05) is 6.54 Å². The average Bonchev–Trinajstić information content (AvgIpc) is 3.23.